The van der Waals surface area contributed by atoms with Gasteiger partial charge in [0, 0.05) is 30.9 Å². The molecule has 0 amide bonds. The minimum absolute atomic E-state index is 0.0619. The summed E-state index contributed by atoms with van der Waals surface area (Å²) in [4.78, 5) is 9.71. The summed E-state index contributed by atoms with van der Waals surface area (Å²) in [5, 5.41) is 0. The van der Waals surface area contributed by atoms with Crippen molar-refractivity contribution in [3.8, 4) is 0 Å². The van der Waals surface area contributed by atoms with Crippen molar-refractivity contribution in [1.82, 2.24) is 9.97 Å². The van der Waals surface area contributed by atoms with Gasteiger partial charge in [-0.05, 0) is 42.5 Å². The lowest BCUT2D eigenvalue weighted by atomic mass is 9.55. The van der Waals surface area contributed by atoms with Gasteiger partial charge in [0.05, 0.1) is 24.6 Å². The molecule has 1 aliphatic heterocycles. The Morgan fingerprint density at radius 2 is 1.96 bits per heavy atom. The lowest BCUT2D eigenvalue weighted by Gasteiger charge is -2.61. The maximum atomic E-state index is 12.6. The first-order chi connectivity index (χ1) is 13.4. The summed E-state index contributed by atoms with van der Waals surface area (Å²) in [6, 6.07) is 6.29. The molecule has 1 atom stereocenters. The molecule has 8 heteroatoms. The molecule has 2 aromatic rings. The maximum Gasteiger partial charge on any atom is 0.433 e. The molecular weight excluding hydrogens is 374 g/mol. The molecule has 2 fully saturated rings. The van der Waals surface area contributed by atoms with E-state index in [0.29, 0.717) is 11.6 Å². The first-order valence-corrected chi connectivity index (χ1v) is 9.26. The number of halogens is 4. The van der Waals surface area contributed by atoms with Crippen LogP contribution in [0.4, 0.5) is 23.2 Å². The summed E-state index contributed by atoms with van der Waals surface area (Å²) < 4.78 is 56.3. The molecule has 0 bridgehead atoms. The second kappa shape index (κ2) is 7.31. The van der Waals surface area contributed by atoms with Crippen LogP contribution in [0.3, 0.4) is 0 Å². The Balaban J connectivity index is 1.35. The average Bonchev–Trinajstić information content (AvgIpc) is 2.62. The minimum Gasteiger partial charge on any atom is -0.370 e. The highest BCUT2D eigenvalue weighted by Crippen LogP contribution is 2.57. The van der Waals surface area contributed by atoms with Crippen LogP contribution >= 0.6 is 0 Å². The van der Waals surface area contributed by atoms with E-state index in [1.165, 1.54) is 12.3 Å². The summed E-state index contributed by atoms with van der Waals surface area (Å²) in [5.74, 6) is 0.295. The SMILES string of the molecule is FCCOC(c1cccnc1)C1CC2(C1)CN(c1ccc(C(F)(F)F)nc1)C2. The Morgan fingerprint density at radius 3 is 2.54 bits per heavy atom. The molecule has 1 unspecified atom stereocenters. The van der Waals surface area contributed by atoms with Gasteiger partial charge in [0.2, 0.25) is 0 Å². The summed E-state index contributed by atoms with van der Waals surface area (Å²) in [6.07, 6.45) is 2.05. The number of nitrogens with zero attached hydrogens (tertiary/aromatic N) is 3. The van der Waals surface area contributed by atoms with E-state index >= 15 is 0 Å². The number of hydrogen-bond donors (Lipinski definition) is 0. The quantitative estimate of drug-likeness (QED) is 0.678. The van der Waals surface area contributed by atoms with Crippen molar-refractivity contribution in [2.45, 2.75) is 25.1 Å². The molecule has 0 radical (unpaired) electrons. The van der Waals surface area contributed by atoms with Crippen molar-refractivity contribution in [1.29, 1.82) is 0 Å². The number of ether oxygens (including phenoxy) is 1. The monoisotopic (exact) mass is 395 g/mol. The Kier molecular flexibility index (Phi) is 4.99. The summed E-state index contributed by atoms with van der Waals surface area (Å²) in [6.45, 7) is 1.12. The Labute approximate surface area is 160 Å². The van der Waals surface area contributed by atoms with Gasteiger partial charge < -0.3 is 9.64 Å². The number of anilines is 1. The number of rotatable bonds is 6. The fourth-order valence-corrected chi connectivity index (χ4v) is 4.43. The van der Waals surface area contributed by atoms with E-state index in [1.807, 2.05) is 17.0 Å². The molecule has 150 valence electrons. The topological polar surface area (TPSA) is 38.2 Å². The van der Waals surface area contributed by atoms with Crippen LogP contribution in [-0.2, 0) is 10.9 Å². The van der Waals surface area contributed by atoms with Gasteiger partial charge in [-0.25, -0.2) is 9.37 Å². The van der Waals surface area contributed by atoms with Crippen molar-refractivity contribution in [2.24, 2.45) is 11.3 Å². The molecule has 1 saturated heterocycles. The average molecular weight is 395 g/mol. The number of alkyl halides is 4. The van der Waals surface area contributed by atoms with Crippen LogP contribution in [0.2, 0.25) is 0 Å². The molecule has 2 aliphatic rings. The van der Waals surface area contributed by atoms with E-state index in [1.54, 1.807) is 12.4 Å². The first-order valence-electron chi connectivity index (χ1n) is 9.26. The number of aromatic nitrogens is 2. The third kappa shape index (κ3) is 3.70. The zero-order chi connectivity index (χ0) is 19.8. The molecule has 1 spiro atoms. The summed E-state index contributed by atoms with van der Waals surface area (Å²) >= 11 is 0. The van der Waals surface area contributed by atoms with Crippen LogP contribution in [0.5, 0.6) is 0 Å². The van der Waals surface area contributed by atoms with Crippen LogP contribution in [-0.4, -0.2) is 36.3 Å². The van der Waals surface area contributed by atoms with Gasteiger partial charge in [0.25, 0.3) is 0 Å². The predicted octanol–water partition coefficient (Wildman–Crippen LogP) is 4.44. The van der Waals surface area contributed by atoms with E-state index in [9.17, 15) is 17.6 Å². The first kappa shape index (κ1) is 19.1. The highest BCUT2D eigenvalue weighted by Gasteiger charge is 2.54. The lowest BCUT2D eigenvalue weighted by molar-refractivity contribution is -0.141. The highest BCUT2D eigenvalue weighted by atomic mass is 19.4. The zero-order valence-corrected chi connectivity index (χ0v) is 15.2. The Morgan fingerprint density at radius 1 is 1.18 bits per heavy atom. The largest absolute Gasteiger partial charge is 0.433 e. The van der Waals surface area contributed by atoms with E-state index in [2.05, 4.69) is 9.97 Å². The van der Waals surface area contributed by atoms with Gasteiger partial charge >= 0.3 is 6.18 Å². The minimum atomic E-state index is -4.42. The molecule has 0 N–H and O–H groups in total. The van der Waals surface area contributed by atoms with E-state index in [4.69, 9.17) is 4.74 Å². The summed E-state index contributed by atoms with van der Waals surface area (Å²) in [7, 11) is 0. The predicted molar refractivity (Wildman–Crippen MR) is 95.5 cm³/mol. The van der Waals surface area contributed by atoms with Crippen molar-refractivity contribution >= 4 is 5.69 Å². The molecular formula is C20H21F4N3O. The molecule has 3 heterocycles. The number of pyridine rings is 2. The van der Waals surface area contributed by atoms with Gasteiger partial charge in [-0.3, -0.25) is 4.98 Å². The van der Waals surface area contributed by atoms with Crippen LogP contribution < -0.4 is 4.90 Å². The number of hydrogen-bond acceptors (Lipinski definition) is 4. The van der Waals surface area contributed by atoms with Crippen LogP contribution in [0.15, 0.2) is 42.9 Å². The second-order valence-electron chi connectivity index (χ2n) is 7.69. The lowest BCUT2D eigenvalue weighted by Crippen LogP contribution is -2.63. The van der Waals surface area contributed by atoms with Gasteiger partial charge in [-0.1, -0.05) is 6.07 Å². The molecule has 1 saturated carbocycles. The van der Waals surface area contributed by atoms with Crippen LogP contribution in [0, 0.1) is 11.3 Å². The van der Waals surface area contributed by atoms with Crippen molar-refractivity contribution in [3.63, 3.8) is 0 Å². The van der Waals surface area contributed by atoms with Gasteiger partial charge in [0.1, 0.15) is 12.4 Å². The molecule has 2 aromatic heterocycles. The molecule has 4 rings (SSSR count). The van der Waals surface area contributed by atoms with Gasteiger partial charge in [-0.15, -0.1) is 0 Å². The van der Waals surface area contributed by atoms with Crippen molar-refractivity contribution in [3.05, 3.63) is 54.1 Å². The van der Waals surface area contributed by atoms with Gasteiger partial charge in [-0.2, -0.15) is 13.2 Å². The molecule has 28 heavy (non-hydrogen) atoms. The standard InChI is InChI=1S/C20H21F4N3O/c21-5-7-28-18(14-2-1-6-25-10-14)15-8-19(9-15)12-27(13-19)16-3-4-17(26-11-16)20(22,23)24/h1-4,6,10-11,15,18H,5,7-9,12-13H2. The van der Waals surface area contributed by atoms with Crippen LogP contribution in [0.1, 0.15) is 30.2 Å². The third-order valence-electron chi connectivity index (χ3n) is 5.66. The third-order valence-corrected chi connectivity index (χ3v) is 5.66. The van der Waals surface area contributed by atoms with E-state index in [0.717, 1.165) is 37.6 Å². The van der Waals surface area contributed by atoms with E-state index in [-0.39, 0.29) is 18.1 Å². The highest BCUT2D eigenvalue weighted by molar-refractivity contribution is 5.49. The fourth-order valence-electron chi connectivity index (χ4n) is 4.43. The Bertz CT molecular complexity index is 783. The van der Waals surface area contributed by atoms with Crippen molar-refractivity contribution in [2.75, 3.05) is 31.3 Å². The summed E-state index contributed by atoms with van der Waals surface area (Å²) in [5.41, 5.74) is 0.949. The smallest absolute Gasteiger partial charge is 0.370 e. The zero-order valence-electron chi connectivity index (χ0n) is 15.2. The molecule has 4 nitrogen and oxygen atoms in total. The van der Waals surface area contributed by atoms with Crippen LogP contribution in [0.25, 0.3) is 0 Å². The Hall–Kier alpha value is -2.22. The van der Waals surface area contributed by atoms with Crippen molar-refractivity contribution < 1.29 is 22.3 Å². The second-order valence-corrected chi connectivity index (χ2v) is 7.69. The fraction of sp³-hybridized carbons (Fsp3) is 0.500. The van der Waals surface area contributed by atoms with E-state index < -0.39 is 18.5 Å². The molecule has 1 aliphatic carbocycles. The van der Waals surface area contributed by atoms with Gasteiger partial charge in [0.15, 0.2) is 0 Å². The normalized spacial score (nSPS) is 19.9. The molecule has 0 aromatic carbocycles. The maximum absolute atomic E-state index is 12.6.